The Balaban J connectivity index is 2.09. The monoisotopic (exact) mass is 336 g/mol. The topological polar surface area (TPSA) is 103 Å². The molecule has 1 saturated heterocycles. The summed E-state index contributed by atoms with van der Waals surface area (Å²) < 4.78 is 24.9. The summed E-state index contributed by atoms with van der Waals surface area (Å²) >= 11 is 0. The molecule has 0 spiro atoms. The SMILES string of the molecule is CCC[C@H]1CN(S(C)(=O)=O)C[C@@H]1NC(=O)c1ccc(C#N)nc1. The van der Waals surface area contributed by atoms with Crippen LogP contribution in [-0.2, 0) is 10.0 Å². The van der Waals surface area contributed by atoms with Gasteiger partial charge in [0.2, 0.25) is 10.0 Å². The number of rotatable bonds is 5. The van der Waals surface area contributed by atoms with Crippen LogP contribution in [0.25, 0.3) is 0 Å². The molecule has 0 radical (unpaired) electrons. The van der Waals surface area contributed by atoms with Gasteiger partial charge >= 0.3 is 0 Å². The Bertz CT molecular complexity index is 709. The summed E-state index contributed by atoms with van der Waals surface area (Å²) in [6, 6.07) is 4.70. The number of carbonyl (C=O) groups is 1. The van der Waals surface area contributed by atoms with Crippen LogP contribution in [0.5, 0.6) is 0 Å². The number of hydrogen-bond acceptors (Lipinski definition) is 5. The number of nitrogens with zero attached hydrogens (tertiary/aromatic N) is 3. The maximum absolute atomic E-state index is 12.3. The minimum atomic E-state index is -3.26. The summed E-state index contributed by atoms with van der Waals surface area (Å²) in [7, 11) is -3.26. The minimum Gasteiger partial charge on any atom is -0.348 e. The van der Waals surface area contributed by atoms with Crippen LogP contribution in [0.3, 0.4) is 0 Å². The molecule has 0 bridgehead atoms. The van der Waals surface area contributed by atoms with Crippen LogP contribution in [0, 0.1) is 17.2 Å². The van der Waals surface area contributed by atoms with E-state index >= 15 is 0 Å². The Morgan fingerprint density at radius 1 is 1.48 bits per heavy atom. The summed E-state index contributed by atoms with van der Waals surface area (Å²) in [6.45, 7) is 2.76. The van der Waals surface area contributed by atoms with Gasteiger partial charge in [0.15, 0.2) is 0 Å². The highest BCUT2D eigenvalue weighted by Crippen LogP contribution is 2.24. The third-order valence-electron chi connectivity index (χ3n) is 3.99. The van der Waals surface area contributed by atoms with Crippen molar-refractivity contribution in [3.05, 3.63) is 29.6 Å². The standard InChI is InChI=1S/C15H20N4O3S/c1-3-4-12-9-19(23(2,21)22)10-14(12)18-15(20)11-5-6-13(7-16)17-8-11/h5-6,8,12,14H,3-4,9-10H2,1-2H3,(H,18,20)/t12-,14-/m0/s1. The third-order valence-corrected chi connectivity index (χ3v) is 5.23. The maximum atomic E-state index is 12.3. The van der Waals surface area contributed by atoms with Gasteiger partial charge in [-0.3, -0.25) is 4.79 Å². The molecular weight excluding hydrogens is 316 g/mol. The molecule has 23 heavy (non-hydrogen) atoms. The Hall–Kier alpha value is -1.98. The molecule has 7 nitrogen and oxygen atoms in total. The van der Waals surface area contributed by atoms with Gasteiger partial charge in [-0.25, -0.2) is 13.4 Å². The van der Waals surface area contributed by atoms with Gasteiger partial charge in [0.25, 0.3) is 5.91 Å². The lowest BCUT2D eigenvalue weighted by molar-refractivity contribution is 0.0929. The van der Waals surface area contributed by atoms with E-state index in [9.17, 15) is 13.2 Å². The second-order valence-electron chi connectivity index (χ2n) is 5.75. The number of amides is 1. The second-order valence-corrected chi connectivity index (χ2v) is 7.74. The maximum Gasteiger partial charge on any atom is 0.253 e. The van der Waals surface area contributed by atoms with Crippen LogP contribution in [0.4, 0.5) is 0 Å². The van der Waals surface area contributed by atoms with Gasteiger partial charge in [0, 0.05) is 25.3 Å². The van der Waals surface area contributed by atoms with E-state index in [-0.39, 0.29) is 23.6 Å². The van der Waals surface area contributed by atoms with Gasteiger partial charge in [-0.2, -0.15) is 9.57 Å². The third kappa shape index (κ3) is 4.27. The molecule has 2 rings (SSSR count). The number of aromatic nitrogens is 1. The van der Waals surface area contributed by atoms with Crippen molar-refractivity contribution in [3.8, 4) is 6.07 Å². The van der Waals surface area contributed by atoms with Crippen LogP contribution in [-0.4, -0.2) is 49.0 Å². The highest BCUT2D eigenvalue weighted by atomic mass is 32.2. The van der Waals surface area contributed by atoms with Crippen molar-refractivity contribution in [2.45, 2.75) is 25.8 Å². The number of nitriles is 1. The van der Waals surface area contributed by atoms with E-state index in [4.69, 9.17) is 5.26 Å². The first-order chi connectivity index (χ1) is 10.8. The van der Waals surface area contributed by atoms with Gasteiger partial charge in [-0.15, -0.1) is 0 Å². The zero-order valence-electron chi connectivity index (χ0n) is 13.2. The highest BCUT2D eigenvalue weighted by Gasteiger charge is 2.37. The predicted octanol–water partition coefficient (Wildman–Crippen LogP) is 0.743. The average molecular weight is 336 g/mol. The van der Waals surface area contributed by atoms with E-state index in [1.54, 1.807) is 6.07 Å². The fourth-order valence-electron chi connectivity index (χ4n) is 2.78. The van der Waals surface area contributed by atoms with E-state index in [1.807, 2.05) is 13.0 Å². The summed E-state index contributed by atoms with van der Waals surface area (Å²) in [5.74, 6) is -0.201. The van der Waals surface area contributed by atoms with E-state index in [0.29, 0.717) is 18.7 Å². The molecule has 1 N–H and O–H groups in total. The van der Waals surface area contributed by atoms with Gasteiger partial charge in [-0.1, -0.05) is 13.3 Å². The van der Waals surface area contributed by atoms with Crippen LogP contribution in [0.1, 0.15) is 35.8 Å². The fraction of sp³-hybridized carbons (Fsp3) is 0.533. The quantitative estimate of drug-likeness (QED) is 0.854. The van der Waals surface area contributed by atoms with Crippen molar-refractivity contribution in [1.82, 2.24) is 14.6 Å². The van der Waals surface area contributed by atoms with Crippen LogP contribution < -0.4 is 5.32 Å². The van der Waals surface area contributed by atoms with Crippen molar-refractivity contribution in [2.24, 2.45) is 5.92 Å². The van der Waals surface area contributed by atoms with Gasteiger partial charge in [-0.05, 0) is 24.5 Å². The largest absolute Gasteiger partial charge is 0.348 e. The fourth-order valence-corrected chi connectivity index (χ4v) is 3.67. The lowest BCUT2D eigenvalue weighted by Gasteiger charge is -2.19. The zero-order chi connectivity index (χ0) is 17.0. The molecule has 0 saturated carbocycles. The van der Waals surface area contributed by atoms with Crippen molar-refractivity contribution >= 4 is 15.9 Å². The normalized spacial score (nSPS) is 21.8. The minimum absolute atomic E-state index is 0.102. The number of carbonyl (C=O) groups excluding carboxylic acids is 1. The van der Waals surface area contributed by atoms with Crippen molar-refractivity contribution in [2.75, 3.05) is 19.3 Å². The van der Waals surface area contributed by atoms with E-state index < -0.39 is 10.0 Å². The Morgan fingerprint density at radius 3 is 2.74 bits per heavy atom. The zero-order valence-corrected chi connectivity index (χ0v) is 14.0. The Morgan fingerprint density at radius 2 is 2.22 bits per heavy atom. The van der Waals surface area contributed by atoms with Crippen molar-refractivity contribution in [1.29, 1.82) is 5.26 Å². The van der Waals surface area contributed by atoms with Gasteiger partial charge < -0.3 is 5.32 Å². The molecule has 124 valence electrons. The molecule has 0 aromatic carbocycles. The van der Waals surface area contributed by atoms with Crippen LogP contribution >= 0.6 is 0 Å². The lowest BCUT2D eigenvalue weighted by atomic mass is 9.98. The summed E-state index contributed by atoms with van der Waals surface area (Å²) in [5, 5.41) is 11.6. The molecule has 8 heteroatoms. The first-order valence-corrected chi connectivity index (χ1v) is 9.32. The van der Waals surface area contributed by atoms with Crippen molar-refractivity contribution in [3.63, 3.8) is 0 Å². The average Bonchev–Trinajstić information content (AvgIpc) is 2.91. The molecule has 1 fully saturated rings. The Kier molecular flexibility index (Phi) is 5.34. The molecule has 2 atom stereocenters. The van der Waals surface area contributed by atoms with Gasteiger partial charge in [0.05, 0.1) is 11.8 Å². The number of nitrogens with one attached hydrogen (secondary N) is 1. The Labute approximate surface area is 136 Å². The smallest absolute Gasteiger partial charge is 0.253 e. The van der Waals surface area contributed by atoms with E-state index in [1.165, 1.54) is 22.8 Å². The number of pyridine rings is 1. The molecule has 2 heterocycles. The van der Waals surface area contributed by atoms with E-state index in [0.717, 1.165) is 12.8 Å². The summed E-state index contributed by atoms with van der Waals surface area (Å²) in [4.78, 5) is 16.2. The molecular formula is C15H20N4O3S. The van der Waals surface area contributed by atoms with Crippen molar-refractivity contribution < 1.29 is 13.2 Å². The lowest BCUT2D eigenvalue weighted by Crippen LogP contribution is -2.41. The molecule has 1 aromatic rings. The first-order valence-electron chi connectivity index (χ1n) is 7.47. The molecule has 1 aliphatic rings. The van der Waals surface area contributed by atoms with Crippen LogP contribution in [0.15, 0.2) is 18.3 Å². The summed E-state index contributed by atoms with van der Waals surface area (Å²) in [5.41, 5.74) is 0.603. The molecule has 1 aliphatic heterocycles. The van der Waals surface area contributed by atoms with E-state index in [2.05, 4.69) is 10.3 Å². The second kappa shape index (κ2) is 7.06. The molecule has 1 aromatic heterocycles. The molecule has 0 aliphatic carbocycles. The number of sulfonamides is 1. The predicted molar refractivity (Wildman–Crippen MR) is 85.0 cm³/mol. The van der Waals surface area contributed by atoms with Crippen LogP contribution in [0.2, 0.25) is 0 Å². The summed E-state index contributed by atoms with van der Waals surface area (Å²) in [6.07, 6.45) is 4.31. The number of hydrogen-bond donors (Lipinski definition) is 1. The van der Waals surface area contributed by atoms with Gasteiger partial charge in [0.1, 0.15) is 11.8 Å². The first kappa shape index (κ1) is 17.4. The molecule has 0 unspecified atom stereocenters. The molecule has 1 amide bonds. The highest BCUT2D eigenvalue weighted by molar-refractivity contribution is 7.88.